The highest BCUT2D eigenvalue weighted by molar-refractivity contribution is 5.75. The first-order chi connectivity index (χ1) is 8.74. The van der Waals surface area contributed by atoms with Crippen molar-refractivity contribution in [3.8, 4) is 17.0 Å². The number of ether oxygens (including phenoxy) is 1. The maximum absolute atomic E-state index is 10.9. The number of carboxylic acids is 1. The van der Waals surface area contributed by atoms with E-state index < -0.39 is 12.1 Å². The second-order valence-corrected chi connectivity index (χ2v) is 4.19. The zero-order valence-corrected chi connectivity index (χ0v) is 9.54. The Labute approximate surface area is 104 Å². The average molecular weight is 241 g/mol. The fourth-order valence-electron chi connectivity index (χ4n) is 2.08. The molecule has 1 atom stereocenters. The highest BCUT2D eigenvalue weighted by atomic mass is 16.5. The first kappa shape index (κ1) is 10.8. The van der Waals surface area contributed by atoms with Gasteiger partial charge in [-0.25, -0.2) is 4.79 Å². The van der Waals surface area contributed by atoms with Crippen LogP contribution in [0.4, 0.5) is 0 Å². The van der Waals surface area contributed by atoms with Gasteiger partial charge in [0.2, 0.25) is 0 Å². The van der Waals surface area contributed by atoms with Gasteiger partial charge in [-0.15, -0.1) is 0 Å². The smallest absolute Gasteiger partial charge is 0.345 e. The Hall–Kier alpha value is -2.36. The van der Waals surface area contributed by atoms with Crippen molar-refractivity contribution in [1.82, 2.24) is 4.98 Å². The molecule has 0 unspecified atom stereocenters. The Morgan fingerprint density at radius 3 is 2.94 bits per heavy atom. The fourth-order valence-corrected chi connectivity index (χ4v) is 2.08. The molecular formula is C14H11NO3. The van der Waals surface area contributed by atoms with Crippen LogP contribution in [0.1, 0.15) is 5.56 Å². The zero-order chi connectivity index (χ0) is 12.5. The predicted octanol–water partition coefficient (Wildman–Crippen LogP) is 2.14. The van der Waals surface area contributed by atoms with Gasteiger partial charge in [0.05, 0.1) is 5.69 Å². The summed E-state index contributed by atoms with van der Waals surface area (Å²) in [5, 5.41) is 8.93. The van der Waals surface area contributed by atoms with Crippen molar-refractivity contribution in [3.63, 3.8) is 0 Å². The van der Waals surface area contributed by atoms with Crippen LogP contribution in [0.2, 0.25) is 0 Å². The summed E-state index contributed by atoms with van der Waals surface area (Å²) in [4.78, 5) is 15.2. The normalized spacial score (nSPS) is 17.0. The van der Waals surface area contributed by atoms with Gasteiger partial charge < -0.3 is 9.84 Å². The van der Waals surface area contributed by atoms with Crippen molar-refractivity contribution < 1.29 is 14.6 Å². The SMILES string of the molecule is O=C(O)[C@H]1Cc2cc(-c3ccccn3)ccc2O1. The Balaban J connectivity index is 1.95. The molecule has 0 spiro atoms. The van der Waals surface area contributed by atoms with Gasteiger partial charge in [-0.2, -0.15) is 0 Å². The molecule has 0 fully saturated rings. The lowest BCUT2D eigenvalue weighted by atomic mass is 10.0. The Bertz CT molecular complexity index is 595. The van der Waals surface area contributed by atoms with Crippen molar-refractivity contribution in [1.29, 1.82) is 0 Å². The number of aromatic nitrogens is 1. The minimum Gasteiger partial charge on any atom is -0.478 e. The standard InChI is InChI=1S/C14H11NO3/c16-14(17)13-8-10-7-9(4-5-12(10)18-13)11-3-1-2-6-15-11/h1-7,13H,8H2,(H,16,17)/t13-/m1/s1. The van der Waals surface area contributed by atoms with Gasteiger partial charge >= 0.3 is 5.97 Å². The molecule has 2 heterocycles. The Morgan fingerprint density at radius 2 is 2.22 bits per heavy atom. The van der Waals surface area contributed by atoms with E-state index >= 15 is 0 Å². The maximum atomic E-state index is 10.9. The van der Waals surface area contributed by atoms with E-state index in [1.54, 1.807) is 6.20 Å². The van der Waals surface area contributed by atoms with Crippen LogP contribution in [0.15, 0.2) is 42.6 Å². The summed E-state index contributed by atoms with van der Waals surface area (Å²) in [6.07, 6.45) is 1.38. The van der Waals surface area contributed by atoms with Gasteiger partial charge in [-0.1, -0.05) is 6.07 Å². The highest BCUT2D eigenvalue weighted by Gasteiger charge is 2.28. The molecule has 0 radical (unpaired) electrons. The molecular weight excluding hydrogens is 230 g/mol. The lowest BCUT2D eigenvalue weighted by Gasteiger charge is -2.04. The van der Waals surface area contributed by atoms with E-state index in [0.717, 1.165) is 16.8 Å². The van der Waals surface area contributed by atoms with Gasteiger partial charge in [-0.3, -0.25) is 4.98 Å². The fraction of sp³-hybridized carbons (Fsp3) is 0.143. The number of carbonyl (C=O) groups is 1. The predicted molar refractivity (Wildman–Crippen MR) is 65.4 cm³/mol. The molecule has 1 aliphatic rings. The highest BCUT2D eigenvalue weighted by Crippen LogP contribution is 2.32. The number of nitrogens with zero attached hydrogens (tertiary/aromatic N) is 1. The van der Waals surface area contributed by atoms with E-state index in [2.05, 4.69) is 4.98 Å². The first-order valence-corrected chi connectivity index (χ1v) is 5.68. The third-order valence-electron chi connectivity index (χ3n) is 2.97. The van der Waals surface area contributed by atoms with E-state index in [1.807, 2.05) is 36.4 Å². The molecule has 1 aliphatic heterocycles. The number of pyridine rings is 1. The number of fused-ring (bicyclic) bond motifs is 1. The van der Waals surface area contributed by atoms with Crippen LogP contribution in [0.5, 0.6) is 5.75 Å². The molecule has 1 aromatic heterocycles. The van der Waals surface area contributed by atoms with Crippen LogP contribution in [-0.4, -0.2) is 22.2 Å². The number of rotatable bonds is 2. The van der Waals surface area contributed by atoms with Crippen LogP contribution in [0.3, 0.4) is 0 Å². The third-order valence-corrected chi connectivity index (χ3v) is 2.97. The molecule has 18 heavy (non-hydrogen) atoms. The molecule has 0 bridgehead atoms. The summed E-state index contributed by atoms with van der Waals surface area (Å²) in [7, 11) is 0. The number of carboxylic acid groups (broad SMARTS) is 1. The largest absolute Gasteiger partial charge is 0.478 e. The van der Waals surface area contributed by atoms with Crippen molar-refractivity contribution in [2.24, 2.45) is 0 Å². The molecule has 1 aromatic carbocycles. The van der Waals surface area contributed by atoms with Gasteiger partial charge in [0.15, 0.2) is 6.10 Å². The van der Waals surface area contributed by atoms with Crippen molar-refractivity contribution in [2.45, 2.75) is 12.5 Å². The number of hydrogen-bond donors (Lipinski definition) is 1. The summed E-state index contributed by atoms with van der Waals surface area (Å²) in [5.41, 5.74) is 2.77. The van der Waals surface area contributed by atoms with Gasteiger partial charge in [0.1, 0.15) is 5.75 Å². The average Bonchev–Trinajstić information content (AvgIpc) is 2.82. The van der Waals surface area contributed by atoms with Crippen LogP contribution >= 0.6 is 0 Å². The minimum absolute atomic E-state index is 0.408. The van der Waals surface area contributed by atoms with Crippen molar-refractivity contribution >= 4 is 5.97 Å². The van der Waals surface area contributed by atoms with E-state index in [9.17, 15) is 4.79 Å². The quantitative estimate of drug-likeness (QED) is 0.875. The summed E-state index contributed by atoms with van der Waals surface area (Å²) in [5.74, 6) is -0.271. The van der Waals surface area contributed by atoms with Crippen molar-refractivity contribution in [2.75, 3.05) is 0 Å². The number of aliphatic carboxylic acids is 1. The molecule has 0 saturated heterocycles. The molecule has 4 nitrogen and oxygen atoms in total. The second-order valence-electron chi connectivity index (χ2n) is 4.19. The van der Waals surface area contributed by atoms with Crippen LogP contribution in [-0.2, 0) is 11.2 Å². The lowest BCUT2D eigenvalue weighted by Crippen LogP contribution is -2.24. The van der Waals surface area contributed by atoms with E-state index in [-0.39, 0.29) is 0 Å². The molecule has 0 saturated carbocycles. The topological polar surface area (TPSA) is 59.4 Å². The van der Waals surface area contributed by atoms with Crippen LogP contribution < -0.4 is 4.74 Å². The Kier molecular flexibility index (Phi) is 2.48. The van der Waals surface area contributed by atoms with Crippen molar-refractivity contribution in [3.05, 3.63) is 48.2 Å². The van der Waals surface area contributed by atoms with Gasteiger partial charge in [0.25, 0.3) is 0 Å². The monoisotopic (exact) mass is 241 g/mol. The third kappa shape index (κ3) is 1.82. The van der Waals surface area contributed by atoms with Gasteiger partial charge in [-0.05, 0) is 35.9 Å². The van der Waals surface area contributed by atoms with Gasteiger partial charge in [0, 0.05) is 18.2 Å². The molecule has 90 valence electrons. The minimum atomic E-state index is -0.925. The van der Waals surface area contributed by atoms with E-state index in [1.165, 1.54) is 0 Å². The lowest BCUT2D eigenvalue weighted by molar-refractivity contribution is -0.144. The molecule has 4 heteroatoms. The molecule has 3 rings (SSSR count). The number of hydrogen-bond acceptors (Lipinski definition) is 3. The summed E-state index contributed by atoms with van der Waals surface area (Å²) >= 11 is 0. The zero-order valence-electron chi connectivity index (χ0n) is 9.54. The van der Waals surface area contributed by atoms with Crippen LogP contribution in [0, 0.1) is 0 Å². The molecule has 2 aromatic rings. The molecule has 0 aliphatic carbocycles. The van der Waals surface area contributed by atoms with E-state index in [0.29, 0.717) is 12.2 Å². The number of benzene rings is 1. The van der Waals surface area contributed by atoms with E-state index in [4.69, 9.17) is 9.84 Å². The second kappa shape index (κ2) is 4.14. The molecule has 0 amide bonds. The van der Waals surface area contributed by atoms with Crippen LogP contribution in [0.25, 0.3) is 11.3 Å². The summed E-state index contributed by atoms with van der Waals surface area (Å²) < 4.78 is 5.34. The first-order valence-electron chi connectivity index (χ1n) is 5.68. The summed E-state index contributed by atoms with van der Waals surface area (Å²) in [6.45, 7) is 0. The Morgan fingerprint density at radius 1 is 1.33 bits per heavy atom. The summed E-state index contributed by atoms with van der Waals surface area (Å²) in [6, 6.07) is 11.4. The maximum Gasteiger partial charge on any atom is 0.345 e. The molecule has 1 N–H and O–H groups in total.